The van der Waals surface area contributed by atoms with E-state index >= 15 is 0 Å². The van der Waals surface area contributed by atoms with Gasteiger partial charge in [0.05, 0.1) is 6.04 Å². The third kappa shape index (κ3) is 4.62. The van der Waals surface area contributed by atoms with Gasteiger partial charge in [0.1, 0.15) is 0 Å². The molecule has 1 atom stereocenters. The molecule has 7 heteroatoms. The molecule has 168 valence electrons. The lowest BCUT2D eigenvalue weighted by molar-refractivity contribution is -0.117. The zero-order valence-electron chi connectivity index (χ0n) is 18.1. The zero-order chi connectivity index (χ0) is 22.6. The molecule has 1 fully saturated rings. The predicted molar refractivity (Wildman–Crippen MR) is 124 cm³/mol. The molecule has 3 aromatic rings. The fourth-order valence-corrected chi connectivity index (χ4v) is 4.29. The first-order valence-corrected chi connectivity index (χ1v) is 11.0. The molecule has 2 aliphatic rings. The highest BCUT2D eigenvalue weighted by Crippen LogP contribution is 2.37. The maximum absolute atomic E-state index is 12.8. The second-order valence-electron chi connectivity index (χ2n) is 8.22. The van der Waals surface area contributed by atoms with Gasteiger partial charge >= 0.3 is 6.03 Å². The van der Waals surface area contributed by atoms with E-state index in [2.05, 4.69) is 10.6 Å². The number of anilines is 1. The molecule has 2 N–H and O–H groups in total. The maximum atomic E-state index is 12.8. The van der Waals surface area contributed by atoms with Gasteiger partial charge in [-0.1, -0.05) is 60.7 Å². The van der Waals surface area contributed by atoms with Crippen molar-refractivity contribution in [2.24, 2.45) is 5.92 Å². The second-order valence-corrected chi connectivity index (χ2v) is 8.22. The van der Waals surface area contributed by atoms with E-state index in [1.165, 1.54) is 0 Å². The maximum Gasteiger partial charge on any atom is 0.315 e. The summed E-state index contributed by atoms with van der Waals surface area (Å²) in [4.78, 5) is 27.1. The van der Waals surface area contributed by atoms with E-state index in [-0.39, 0.29) is 30.7 Å². The van der Waals surface area contributed by atoms with Gasteiger partial charge in [-0.3, -0.25) is 4.79 Å². The first kappa shape index (κ1) is 20.9. The van der Waals surface area contributed by atoms with Crippen molar-refractivity contribution in [1.29, 1.82) is 0 Å². The Balaban J connectivity index is 1.20. The molecule has 2 aliphatic heterocycles. The Bertz CT molecular complexity index is 1100. The average Bonchev–Trinajstić information content (AvgIpc) is 3.48. The van der Waals surface area contributed by atoms with Crippen LogP contribution in [-0.2, 0) is 4.79 Å². The predicted octanol–water partition coefficient (Wildman–Crippen LogP) is 3.86. The van der Waals surface area contributed by atoms with Crippen molar-refractivity contribution in [3.05, 3.63) is 90.0 Å². The minimum Gasteiger partial charge on any atom is -0.454 e. The minimum atomic E-state index is -0.262. The van der Waals surface area contributed by atoms with E-state index in [9.17, 15) is 9.59 Å². The molecule has 0 unspecified atom stereocenters. The highest BCUT2D eigenvalue weighted by atomic mass is 16.7. The summed E-state index contributed by atoms with van der Waals surface area (Å²) in [5.74, 6) is 1.40. The number of urea groups is 1. The summed E-state index contributed by atoms with van der Waals surface area (Å²) in [6.45, 7) is 1.15. The van der Waals surface area contributed by atoms with Gasteiger partial charge in [-0.15, -0.1) is 0 Å². The van der Waals surface area contributed by atoms with Crippen molar-refractivity contribution in [3.63, 3.8) is 0 Å². The third-order valence-corrected chi connectivity index (χ3v) is 5.97. The largest absolute Gasteiger partial charge is 0.454 e. The zero-order valence-corrected chi connectivity index (χ0v) is 18.1. The molecule has 3 aromatic carbocycles. The van der Waals surface area contributed by atoms with Gasteiger partial charge in [-0.25, -0.2) is 4.79 Å². The number of carbonyl (C=O) groups excluding carboxylic acids is 2. The molecule has 1 saturated heterocycles. The van der Waals surface area contributed by atoms with Crippen molar-refractivity contribution in [2.45, 2.75) is 12.5 Å². The van der Waals surface area contributed by atoms with Crippen LogP contribution in [-0.4, -0.2) is 31.8 Å². The Morgan fingerprint density at radius 3 is 2.30 bits per heavy atom. The fourth-order valence-electron chi connectivity index (χ4n) is 4.29. The Hall–Kier alpha value is -4.00. The van der Waals surface area contributed by atoms with E-state index < -0.39 is 0 Å². The first-order valence-electron chi connectivity index (χ1n) is 11.0. The SMILES string of the molecule is O=C(NC[C@@H]1CC(=O)N(c2ccc3c(c2)OCO3)C1)NC(c1ccccc1)c1ccccc1. The topological polar surface area (TPSA) is 79.9 Å². The average molecular weight is 444 g/mol. The molecule has 0 bridgehead atoms. The normalized spacial score (nSPS) is 16.8. The molecule has 0 aliphatic carbocycles. The Morgan fingerprint density at radius 2 is 1.61 bits per heavy atom. The summed E-state index contributed by atoms with van der Waals surface area (Å²) in [7, 11) is 0. The van der Waals surface area contributed by atoms with E-state index in [0.717, 1.165) is 16.8 Å². The van der Waals surface area contributed by atoms with Crippen molar-refractivity contribution in [1.82, 2.24) is 10.6 Å². The van der Waals surface area contributed by atoms with Crippen LogP contribution < -0.4 is 25.0 Å². The number of benzene rings is 3. The minimum absolute atomic E-state index is 0.0283. The fraction of sp³-hybridized carbons (Fsp3) is 0.231. The third-order valence-electron chi connectivity index (χ3n) is 5.97. The summed E-state index contributed by atoms with van der Waals surface area (Å²) in [5, 5.41) is 6.03. The molecule has 0 saturated carbocycles. The van der Waals surface area contributed by atoms with Crippen LogP contribution in [0.25, 0.3) is 0 Å². The lowest BCUT2D eigenvalue weighted by atomic mass is 9.99. The molecular weight excluding hydrogens is 418 g/mol. The van der Waals surface area contributed by atoms with Crippen LogP contribution in [0.15, 0.2) is 78.9 Å². The van der Waals surface area contributed by atoms with Crippen molar-refractivity contribution in [2.75, 3.05) is 24.8 Å². The van der Waals surface area contributed by atoms with Crippen LogP contribution in [0.3, 0.4) is 0 Å². The number of hydrogen-bond donors (Lipinski definition) is 2. The summed E-state index contributed by atoms with van der Waals surface area (Å²) in [6, 6.07) is 24.7. The van der Waals surface area contributed by atoms with Gasteiger partial charge in [0.25, 0.3) is 0 Å². The van der Waals surface area contributed by atoms with Gasteiger partial charge in [0.15, 0.2) is 11.5 Å². The summed E-state index contributed by atoms with van der Waals surface area (Å²) < 4.78 is 10.8. The van der Waals surface area contributed by atoms with Gasteiger partial charge in [0, 0.05) is 37.2 Å². The summed E-state index contributed by atoms with van der Waals surface area (Å²) in [6.07, 6.45) is 0.384. The molecule has 33 heavy (non-hydrogen) atoms. The Morgan fingerprint density at radius 1 is 0.939 bits per heavy atom. The van der Waals surface area contributed by atoms with Crippen LogP contribution >= 0.6 is 0 Å². The van der Waals surface area contributed by atoms with Gasteiger partial charge in [-0.05, 0) is 23.3 Å². The van der Waals surface area contributed by atoms with Crippen molar-refractivity contribution in [3.8, 4) is 11.5 Å². The number of fused-ring (bicyclic) bond motifs is 1. The lowest BCUT2D eigenvalue weighted by Crippen LogP contribution is -2.41. The van der Waals surface area contributed by atoms with E-state index in [1.54, 1.807) is 4.90 Å². The molecule has 2 heterocycles. The van der Waals surface area contributed by atoms with E-state index in [1.807, 2.05) is 78.9 Å². The first-order chi connectivity index (χ1) is 16.2. The molecule has 5 rings (SSSR count). The van der Waals surface area contributed by atoms with Crippen molar-refractivity contribution >= 4 is 17.6 Å². The highest BCUT2D eigenvalue weighted by molar-refractivity contribution is 5.96. The number of carbonyl (C=O) groups is 2. The highest BCUT2D eigenvalue weighted by Gasteiger charge is 2.32. The Kier molecular flexibility index (Phi) is 5.85. The number of hydrogen-bond acceptors (Lipinski definition) is 4. The number of nitrogens with zero attached hydrogens (tertiary/aromatic N) is 1. The molecular formula is C26H25N3O4. The van der Waals surface area contributed by atoms with Crippen LogP contribution in [0.4, 0.5) is 10.5 Å². The quantitative estimate of drug-likeness (QED) is 0.606. The lowest BCUT2D eigenvalue weighted by Gasteiger charge is -2.21. The van der Waals surface area contributed by atoms with Gasteiger partial charge in [-0.2, -0.15) is 0 Å². The smallest absolute Gasteiger partial charge is 0.315 e. The van der Waals surface area contributed by atoms with Crippen LogP contribution in [0.2, 0.25) is 0 Å². The van der Waals surface area contributed by atoms with Crippen LogP contribution in [0, 0.1) is 5.92 Å². The van der Waals surface area contributed by atoms with E-state index in [0.29, 0.717) is 31.0 Å². The second kappa shape index (κ2) is 9.24. The number of rotatable bonds is 6. The summed E-state index contributed by atoms with van der Waals surface area (Å²) in [5.41, 5.74) is 2.79. The van der Waals surface area contributed by atoms with Gasteiger partial charge in [0.2, 0.25) is 12.7 Å². The van der Waals surface area contributed by atoms with Crippen LogP contribution in [0.5, 0.6) is 11.5 Å². The van der Waals surface area contributed by atoms with Gasteiger partial charge < -0.3 is 25.0 Å². The number of amides is 3. The molecule has 0 radical (unpaired) electrons. The van der Waals surface area contributed by atoms with E-state index in [4.69, 9.17) is 9.47 Å². The molecule has 0 spiro atoms. The molecule has 0 aromatic heterocycles. The molecule has 7 nitrogen and oxygen atoms in total. The monoisotopic (exact) mass is 443 g/mol. The summed E-state index contributed by atoms with van der Waals surface area (Å²) >= 11 is 0. The Labute approximate surface area is 192 Å². The number of nitrogens with one attached hydrogen (secondary N) is 2. The van der Waals surface area contributed by atoms with Crippen LogP contribution in [0.1, 0.15) is 23.6 Å². The number of ether oxygens (including phenoxy) is 2. The van der Waals surface area contributed by atoms with Crippen molar-refractivity contribution < 1.29 is 19.1 Å². The molecule has 3 amide bonds. The standard InChI is InChI=1S/C26H25N3O4/c30-24-13-18(16-29(24)21-11-12-22-23(14-21)33-17-32-22)15-27-26(31)28-25(19-7-3-1-4-8-19)20-9-5-2-6-10-20/h1-12,14,18,25H,13,15-17H2,(H2,27,28,31)/t18-/m0/s1.